The van der Waals surface area contributed by atoms with E-state index in [0.717, 1.165) is 32.1 Å². The highest BCUT2D eigenvalue weighted by Gasteiger charge is 2.78. The average molecular weight is 452 g/mol. The van der Waals surface area contributed by atoms with Crippen LogP contribution in [-0.4, -0.2) is 70.7 Å². The van der Waals surface area contributed by atoms with Gasteiger partial charge < -0.3 is 25.4 Å². The number of carbonyl (C=O) groups is 3. The number of hydrogen-bond donors (Lipinski definition) is 3. The predicted molar refractivity (Wildman–Crippen MR) is 121 cm³/mol. The molecule has 1 spiro atoms. The maximum atomic E-state index is 13.8. The van der Waals surface area contributed by atoms with Gasteiger partial charge in [0.05, 0.1) is 17.4 Å². The first-order valence-corrected chi connectivity index (χ1v) is 12.5. The Kier molecular flexibility index (Phi) is 7.86. The fourth-order valence-electron chi connectivity index (χ4n) is 6.13. The summed E-state index contributed by atoms with van der Waals surface area (Å²) in [5.41, 5.74) is -1.62. The predicted octanol–water partition coefficient (Wildman–Crippen LogP) is 1.74. The molecule has 3 aliphatic rings. The van der Waals surface area contributed by atoms with Crippen molar-refractivity contribution in [2.24, 2.45) is 11.8 Å². The van der Waals surface area contributed by atoms with Gasteiger partial charge in [-0.15, -0.1) is 0 Å². The third-order valence-electron chi connectivity index (χ3n) is 7.50. The van der Waals surface area contributed by atoms with Gasteiger partial charge in [-0.25, -0.2) is 0 Å². The van der Waals surface area contributed by atoms with Gasteiger partial charge in [0.15, 0.2) is 0 Å². The average Bonchev–Trinajstić information content (AvgIpc) is 3.35. The van der Waals surface area contributed by atoms with Gasteiger partial charge in [0.25, 0.3) is 0 Å². The molecule has 0 aromatic rings. The molecule has 0 aromatic carbocycles. The van der Waals surface area contributed by atoms with Gasteiger partial charge >= 0.3 is 0 Å². The molecule has 0 radical (unpaired) electrons. The Labute approximate surface area is 191 Å². The first kappa shape index (κ1) is 25.0. The van der Waals surface area contributed by atoms with E-state index in [1.165, 1.54) is 0 Å². The lowest BCUT2D eigenvalue weighted by Gasteiger charge is -2.34. The Morgan fingerprint density at radius 1 is 1.16 bits per heavy atom. The lowest BCUT2D eigenvalue weighted by atomic mass is 9.65. The number of nitrogens with zero attached hydrogens (tertiary/aromatic N) is 1. The van der Waals surface area contributed by atoms with Crippen LogP contribution in [0, 0.1) is 11.8 Å². The fourth-order valence-corrected chi connectivity index (χ4v) is 6.13. The second-order valence-electron chi connectivity index (χ2n) is 9.96. The molecule has 2 bridgehead atoms. The van der Waals surface area contributed by atoms with Gasteiger partial charge in [0, 0.05) is 25.7 Å². The summed E-state index contributed by atoms with van der Waals surface area (Å²) < 4.78 is 6.68. The monoisotopic (exact) mass is 451 g/mol. The van der Waals surface area contributed by atoms with E-state index in [1.807, 2.05) is 27.7 Å². The standard InChI is InChI=1S/C24H41N3O5/c1-5-13-25-20(29)17-18-22(31)27(14-9-7-8-10-15-28)19(21(30)26-16(3)4)24(18)12-11-23(17,6-2)32-24/h16-19,28H,5-15H2,1-4H3,(H,25,29)(H,26,30)/t17-,18-,19?,23+,24?/m0/s1. The summed E-state index contributed by atoms with van der Waals surface area (Å²) in [4.78, 5) is 42.1. The molecule has 3 fully saturated rings. The summed E-state index contributed by atoms with van der Waals surface area (Å²) in [5, 5.41) is 15.0. The van der Waals surface area contributed by atoms with E-state index in [0.29, 0.717) is 32.4 Å². The van der Waals surface area contributed by atoms with E-state index in [2.05, 4.69) is 10.6 Å². The number of rotatable bonds is 12. The van der Waals surface area contributed by atoms with Crippen LogP contribution in [0.1, 0.15) is 79.1 Å². The summed E-state index contributed by atoms with van der Waals surface area (Å²) in [6.07, 6.45) is 6.02. The quantitative estimate of drug-likeness (QED) is 0.392. The maximum Gasteiger partial charge on any atom is 0.246 e. The third-order valence-corrected chi connectivity index (χ3v) is 7.50. The Bertz CT molecular complexity index is 714. The number of nitrogens with one attached hydrogen (secondary N) is 2. The number of aliphatic hydroxyl groups is 1. The number of fused-ring (bicyclic) bond motifs is 1. The summed E-state index contributed by atoms with van der Waals surface area (Å²) in [6, 6.07) is -0.764. The zero-order valence-corrected chi connectivity index (χ0v) is 20.1. The van der Waals surface area contributed by atoms with Crippen molar-refractivity contribution in [2.45, 2.75) is 102 Å². The van der Waals surface area contributed by atoms with Gasteiger partial charge in [-0.1, -0.05) is 26.7 Å². The highest BCUT2D eigenvalue weighted by Crippen LogP contribution is 2.64. The van der Waals surface area contributed by atoms with Crippen LogP contribution in [-0.2, 0) is 19.1 Å². The summed E-state index contributed by atoms with van der Waals surface area (Å²) >= 11 is 0. The molecule has 2 unspecified atom stereocenters. The minimum Gasteiger partial charge on any atom is -0.396 e. The number of likely N-dealkylation sites (tertiary alicyclic amines) is 1. The molecule has 8 nitrogen and oxygen atoms in total. The van der Waals surface area contributed by atoms with Gasteiger partial charge in [0.1, 0.15) is 11.6 Å². The van der Waals surface area contributed by atoms with Crippen LogP contribution in [0.5, 0.6) is 0 Å². The van der Waals surface area contributed by atoms with Crippen LogP contribution in [0.3, 0.4) is 0 Å². The van der Waals surface area contributed by atoms with Crippen molar-refractivity contribution in [3.63, 3.8) is 0 Å². The van der Waals surface area contributed by atoms with E-state index in [9.17, 15) is 14.4 Å². The van der Waals surface area contributed by atoms with Crippen molar-refractivity contribution < 1.29 is 24.2 Å². The molecule has 3 saturated heterocycles. The van der Waals surface area contributed by atoms with Crippen molar-refractivity contribution in [1.29, 1.82) is 0 Å². The fraction of sp³-hybridized carbons (Fsp3) is 0.875. The molecule has 3 heterocycles. The summed E-state index contributed by atoms with van der Waals surface area (Å²) in [7, 11) is 0. The zero-order chi connectivity index (χ0) is 23.5. The number of aliphatic hydroxyl groups excluding tert-OH is 1. The highest BCUT2D eigenvalue weighted by molar-refractivity contribution is 5.99. The first-order chi connectivity index (χ1) is 15.3. The van der Waals surface area contributed by atoms with E-state index in [-0.39, 0.29) is 30.4 Å². The molecule has 3 rings (SSSR count). The molecular formula is C24H41N3O5. The molecule has 182 valence electrons. The Morgan fingerprint density at radius 2 is 1.88 bits per heavy atom. The van der Waals surface area contributed by atoms with Crippen LogP contribution in [0.4, 0.5) is 0 Å². The van der Waals surface area contributed by atoms with Crippen molar-refractivity contribution in [2.75, 3.05) is 19.7 Å². The second-order valence-corrected chi connectivity index (χ2v) is 9.96. The lowest BCUT2D eigenvalue weighted by Crippen LogP contribution is -2.56. The molecule has 0 saturated carbocycles. The first-order valence-electron chi connectivity index (χ1n) is 12.5. The molecular weight excluding hydrogens is 410 g/mol. The number of amides is 3. The van der Waals surface area contributed by atoms with Crippen LogP contribution in [0.25, 0.3) is 0 Å². The lowest BCUT2D eigenvalue weighted by molar-refractivity contribution is -0.147. The van der Waals surface area contributed by atoms with Crippen LogP contribution in [0.2, 0.25) is 0 Å². The largest absolute Gasteiger partial charge is 0.396 e. The molecule has 0 aromatic heterocycles. The van der Waals surface area contributed by atoms with Crippen molar-refractivity contribution in [3.8, 4) is 0 Å². The van der Waals surface area contributed by atoms with Crippen molar-refractivity contribution >= 4 is 17.7 Å². The van der Waals surface area contributed by atoms with E-state index in [1.54, 1.807) is 4.90 Å². The van der Waals surface area contributed by atoms with Gasteiger partial charge in [-0.2, -0.15) is 0 Å². The number of ether oxygens (including phenoxy) is 1. The van der Waals surface area contributed by atoms with E-state index in [4.69, 9.17) is 9.84 Å². The van der Waals surface area contributed by atoms with Crippen LogP contribution < -0.4 is 10.6 Å². The van der Waals surface area contributed by atoms with Gasteiger partial charge in [0.2, 0.25) is 17.7 Å². The normalized spacial score (nSPS) is 33.1. The molecule has 3 N–H and O–H groups in total. The third kappa shape index (κ3) is 4.16. The van der Waals surface area contributed by atoms with Gasteiger partial charge in [-0.05, 0) is 52.4 Å². The number of unbranched alkanes of at least 4 members (excludes halogenated alkanes) is 3. The molecule has 8 heteroatoms. The Hall–Kier alpha value is -1.67. The maximum absolute atomic E-state index is 13.8. The number of carbonyl (C=O) groups excluding carboxylic acids is 3. The summed E-state index contributed by atoms with van der Waals surface area (Å²) in [6.45, 7) is 9.01. The number of hydrogen-bond acceptors (Lipinski definition) is 5. The van der Waals surface area contributed by atoms with Crippen molar-refractivity contribution in [1.82, 2.24) is 15.5 Å². The molecule has 5 atom stereocenters. The second kappa shape index (κ2) is 10.1. The van der Waals surface area contributed by atoms with Crippen LogP contribution >= 0.6 is 0 Å². The molecule has 3 amide bonds. The smallest absolute Gasteiger partial charge is 0.246 e. The van der Waals surface area contributed by atoms with Gasteiger partial charge in [-0.3, -0.25) is 14.4 Å². The Balaban J connectivity index is 1.92. The summed E-state index contributed by atoms with van der Waals surface area (Å²) in [5.74, 6) is -1.61. The van der Waals surface area contributed by atoms with E-state index >= 15 is 0 Å². The topological polar surface area (TPSA) is 108 Å². The minimum absolute atomic E-state index is 0.0538. The molecule has 3 aliphatic heterocycles. The zero-order valence-electron chi connectivity index (χ0n) is 20.1. The van der Waals surface area contributed by atoms with Crippen LogP contribution in [0.15, 0.2) is 0 Å². The SMILES string of the molecule is CCCNC(=O)[C@@H]1[C@H]2C(=O)N(CCCCCCO)C(C(=O)NC(C)C)C23CC[C@@]1(CC)O3. The molecule has 0 aliphatic carbocycles. The highest BCUT2D eigenvalue weighted by atomic mass is 16.5. The minimum atomic E-state index is -0.939. The Morgan fingerprint density at radius 3 is 2.50 bits per heavy atom. The van der Waals surface area contributed by atoms with E-state index < -0.39 is 29.1 Å². The van der Waals surface area contributed by atoms with Crippen molar-refractivity contribution in [3.05, 3.63) is 0 Å². The molecule has 32 heavy (non-hydrogen) atoms.